The molecule has 2 aliphatic heterocycles. The molecule has 0 aromatic heterocycles. The van der Waals surface area contributed by atoms with E-state index in [1.807, 2.05) is 7.11 Å². The van der Waals surface area contributed by atoms with Gasteiger partial charge in [-0.25, -0.2) is 0 Å². The van der Waals surface area contributed by atoms with Crippen molar-refractivity contribution >= 4 is 0 Å². The first kappa shape index (κ1) is 11.3. The van der Waals surface area contributed by atoms with Crippen molar-refractivity contribution in [2.45, 2.75) is 25.1 Å². The van der Waals surface area contributed by atoms with Gasteiger partial charge in [-0.05, 0) is 14.0 Å². The minimum Gasteiger partial charge on any atom is -0.378 e. The van der Waals surface area contributed by atoms with Crippen molar-refractivity contribution in [3.05, 3.63) is 0 Å². The van der Waals surface area contributed by atoms with Gasteiger partial charge < -0.3 is 15.0 Å². The second-order valence-corrected chi connectivity index (χ2v) is 4.82. The molecule has 2 aliphatic rings. The molecule has 0 bridgehead atoms. The predicted molar refractivity (Wildman–Crippen MR) is 61.1 cm³/mol. The molecule has 2 heterocycles. The van der Waals surface area contributed by atoms with Crippen LogP contribution in [0.3, 0.4) is 0 Å². The molecule has 2 rings (SSSR count). The smallest absolute Gasteiger partial charge is 0.0862 e. The van der Waals surface area contributed by atoms with Gasteiger partial charge in [-0.15, -0.1) is 0 Å². The van der Waals surface area contributed by atoms with Crippen molar-refractivity contribution in [2.75, 3.05) is 46.9 Å². The van der Waals surface area contributed by atoms with Gasteiger partial charge in [0.2, 0.25) is 0 Å². The van der Waals surface area contributed by atoms with Crippen molar-refractivity contribution in [2.24, 2.45) is 0 Å². The lowest BCUT2D eigenvalue weighted by atomic mass is 10.1. The summed E-state index contributed by atoms with van der Waals surface area (Å²) in [6, 6.07) is 1.24. The van der Waals surface area contributed by atoms with Crippen LogP contribution in [0.25, 0.3) is 0 Å². The highest BCUT2D eigenvalue weighted by atomic mass is 16.5. The van der Waals surface area contributed by atoms with E-state index in [2.05, 4.69) is 29.1 Å². The van der Waals surface area contributed by atoms with Crippen LogP contribution in [-0.4, -0.2) is 74.9 Å². The summed E-state index contributed by atoms with van der Waals surface area (Å²) < 4.78 is 5.52. The Balaban J connectivity index is 1.93. The second kappa shape index (κ2) is 4.78. The van der Waals surface area contributed by atoms with Crippen LogP contribution in [0.4, 0.5) is 0 Å². The van der Waals surface area contributed by atoms with Gasteiger partial charge in [-0.3, -0.25) is 4.90 Å². The van der Waals surface area contributed by atoms with E-state index in [9.17, 15) is 0 Å². The number of ether oxygens (including phenoxy) is 1. The first-order valence-corrected chi connectivity index (χ1v) is 5.90. The highest BCUT2D eigenvalue weighted by molar-refractivity contribution is 4.92. The summed E-state index contributed by atoms with van der Waals surface area (Å²) in [7, 11) is 4.03. The highest BCUT2D eigenvalue weighted by Crippen LogP contribution is 2.16. The summed E-state index contributed by atoms with van der Waals surface area (Å²) in [4.78, 5) is 5.01. The number of nitrogens with one attached hydrogen (secondary N) is 1. The number of piperazine rings is 1. The first-order chi connectivity index (χ1) is 7.22. The zero-order valence-electron chi connectivity index (χ0n) is 10.1. The Morgan fingerprint density at radius 1 is 1.27 bits per heavy atom. The summed E-state index contributed by atoms with van der Waals surface area (Å²) in [6.07, 6.45) is 0.376. The van der Waals surface area contributed by atoms with E-state index < -0.39 is 0 Å². The van der Waals surface area contributed by atoms with Gasteiger partial charge in [0, 0.05) is 51.9 Å². The van der Waals surface area contributed by atoms with Gasteiger partial charge in [0.25, 0.3) is 0 Å². The van der Waals surface area contributed by atoms with Crippen LogP contribution in [-0.2, 0) is 4.74 Å². The summed E-state index contributed by atoms with van der Waals surface area (Å²) in [5.74, 6) is 0. The highest BCUT2D eigenvalue weighted by Gasteiger charge is 2.34. The fourth-order valence-corrected chi connectivity index (χ4v) is 2.62. The summed E-state index contributed by atoms with van der Waals surface area (Å²) >= 11 is 0. The molecule has 4 nitrogen and oxygen atoms in total. The number of methoxy groups -OCH3 is 1. The quantitative estimate of drug-likeness (QED) is 0.676. The molecule has 0 spiro atoms. The number of likely N-dealkylation sites (N-methyl/N-ethyl adjacent to an activating group) is 1. The van der Waals surface area contributed by atoms with Gasteiger partial charge in [-0.2, -0.15) is 0 Å². The maximum Gasteiger partial charge on any atom is 0.0862 e. The summed E-state index contributed by atoms with van der Waals surface area (Å²) in [5.41, 5.74) is 0. The summed E-state index contributed by atoms with van der Waals surface area (Å²) in [6.45, 7) is 7.90. The average Bonchev–Trinajstić information content (AvgIpc) is 2.70. The van der Waals surface area contributed by atoms with Crippen LogP contribution in [0.5, 0.6) is 0 Å². The van der Waals surface area contributed by atoms with E-state index in [4.69, 9.17) is 4.74 Å². The second-order valence-electron chi connectivity index (χ2n) is 4.82. The average molecular weight is 213 g/mol. The largest absolute Gasteiger partial charge is 0.378 e. The molecule has 1 N–H and O–H groups in total. The van der Waals surface area contributed by atoms with Crippen LogP contribution in [0.15, 0.2) is 0 Å². The monoisotopic (exact) mass is 213 g/mol. The van der Waals surface area contributed by atoms with Gasteiger partial charge >= 0.3 is 0 Å². The molecule has 88 valence electrons. The fourth-order valence-electron chi connectivity index (χ4n) is 2.62. The van der Waals surface area contributed by atoms with Crippen molar-refractivity contribution in [1.29, 1.82) is 0 Å². The molecule has 0 radical (unpaired) electrons. The Hall–Kier alpha value is -0.160. The van der Waals surface area contributed by atoms with E-state index in [1.165, 1.54) is 19.6 Å². The molecular formula is C11H23N3O. The minimum atomic E-state index is 0.376. The van der Waals surface area contributed by atoms with Crippen LogP contribution in [0, 0.1) is 0 Å². The Labute approximate surface area is 92.6 Å². The molecule has 0 saturated carbocycles. The minimum absolute atomic E-state index is 0.376. The third kappa shape index (κ3) is 2.33. The molecule has 3 atom stereocenters. The maximum atomic E-state index is 5.52. The molecule has 2 fully saturated rings. The molecule has 0 amide bonds. The lowest BCUT2D eigenvalue weighted by Gasteiger charge is -2.41. The van der Waals surface area contributed by atoms with E-state index >= 15 is 0 Å². The SMILES string of the molecule is COC1CNCC1N1CCN(C)[C@@H](C)C1. The zero-order chi connectivity index (χ0) is 10.8. The molecule has 2 unspecified atom stereocenters. The van der Waals surface area contributed by atoms with Gasteiger partial charge in [-0.1, -0.05) is 0 Å². The maximum absolute atomic E-state index is 5.52. The van der Waals surface area contributed by atoms with Crippen LogP contribution < -0.4 is 5.32 Å². The molecule has 0 aliphatic carbocycles. The van der Waals surface area contributed by atoms with E-state index in [1.54, 1.807) is 0 Å². The molecular weight excluding hydrogens is 190 g/mol. The van der Waals surface area contributed by atoms with E-state index in [-0.39, 0.29) is 0 Å². The number of hydrogen-bond acceptors (Lipinski definition) is 4. The lowest BCUT2D eigenvalue weighted by molar-refractivity contribution is 0.00953. The molecule has 0 aromatic rings. The van der Waals surface area contributed by atoms with Gasteiger partial charge in [0.15, 0.2) is 0 Å². The van der Waals surface area contributed by atoms with Crippen molar-refractivity contribution in [3.63, 3.8) is 0 Å². The van der Waals surface area contributed by atoms with E-state index in [0.29, 0.717) is 18.2 Å². The van der Waals surface area contributed by atoms with Gasteiger partial charge in [0.05, 0.1) is 6.10 Å². The molecule has 0 aromatic carbocycles. The zero-order valence-corrected chi connectivity index (χ0v) is 10.1. The third-order valence-electron chi connectivity index (χ3n) is 3.89. The van der Waals surface area contributed by atoms with E-state index in [0.717, 1.165) is 13.1 Å². The first-order valence-electron chi connectivity index (χ1n) is 5.90. The topological polar surface area (TPSA) is 27.7 Å². The fraction of sp³-hybridized carbons (Fsp3) is 1.00. The van der Waals surface area contributed by atoms with Crippen molar-refractivity contribution in [3.8, 4) is 0 Å². The van der Waals surface area contributed by atoms with Gasteiger partial charge in [0.1, 0.15) is 0 Å². The number of nitrogens with zero attached hydrogens (tertiary/aromatic N) is 2. The normalized spacial score (nSPS) is 39.8. The number of hydrogen-bond donors (Lipinski definition) is 1. The Kier molecular flexibility index (Phi) is 3.61. The van der Waals surface area contributed by atoms with Crippen molar-refractivity contribution < 1.29 is 4.74 Å². The lowest BCUT2D eigenvalue weighted by Crippen LogP contribution is -2.56. The Morgan fingerprint density at radius 3 is 2.73 bits per heavy atom. The van der Waals surface area contributed by atoms with Crippen LogP contribution in [0.1, 0.15) is 6.92 Å². The molecule has 15 heavy (non-hydrogen) atoms. The molecule has 4 heteroatoms. The Bertz CT molecular complexity index is 212. The van der Waals surface area contributed by atoms with Crippen molar-refractivity contribution in [1.82, 2.24) is 15.1 Å². The third-order valence-corrected chi connectivity index (χ3v) is 3.89. The predicted octanol–water partition coefficient (Wildman–Crippen LogP) is -0.391. The molecule has 2 saturated heterocycles. The van der Waals surface area contributed by atoms with Crippen LogP contribution >= 0.6 is 0 Å². The number of rotatable bonds is 2. The summed E-state index contributed by atoms with van der Waals surface area (Å²) in [5, 5.41) is 3.42. The van der Waals surface area contributed by atoms with Crippen LogP contribution in [0.2, 0.25) is 0 Å². The Morgan fingerprint density at radius 2 is 2.07 bits per heavy atom. The standard InChI is InChI=1S/C11H23N3O/c1-9-8-14(5-4-13(9)2)10-6-12-7-11(10)15-3/h9-12H,4-8H2,1-3H3/t9-,10?,11?/m0/s1.